The maximum absolute atomic E-state index is 15.6. The van der Waals surface area contributed by atoms with Crippen LogP contribution in [0, 0.1) is 29.5 Å². The van der Waals surface area contributed by atoms with Gasteiger partial charge in [0, 0.05) is 12.0 Å². The van der Waals surface area contributed by atoms with Crippen molar-refractivity contribution in [3.8, 4) is 5.75 Å². The summed E-state index contributed by atoms with van der Waals surface area (Å²) in [6.07, 6.45) is 7.47. The fourth-order valence-corrected chi connectivity index (χ4v) is 9.34. The van der Waals surface area contributed by atoms with E-state index >= 15 is 4.39 Å². The van der Waals surface area contributed by atoms with Crippen LogP contribution in [0.25, 0.3) is 0 Å². The van der Waals surface area contributed by atoms with Crippen molar-refractivity contribution in [2.45, 2.75) is 65.7 Å². The van der Waals surface area contributed by atoms with E-state index in [2.05, 4.69) is 61.5 Å². The molecule has 0 aromatic heterocycles. The quantitative estimate of drug-likeness (QED) is 0.340. The van der Waals surface area contributed by atoms with Crippen molar-refractivity contribution in [2.75, 3.05) is 0 Å². The first-order valence-electron chi connectivity index (χ1n) is 12.5. The molecule has 3 aliphatic rings. The second-order valence-corrected chi connectivity index (χ2v) is 12.1. The van der Waals surface area contributed by atoms with Gasteiger partial charge in [0.15, 0.2) is 26.3 Å². The third-order valence-electron chi connectivity index (χ3n) is 8.60. The van der Waals surface area contributed by atoms with Gasteiger partial charge >= 0.3 is 0 Å². The van der Waals surface area contributed by atoms with Gasteiger partial charge in [-0.1, -0.05) is 49.7 Å². The number of benzene rings is 3. The van der Waals surface area contributed by atoms with Crippen molar-refractivity contribution in [3.63, 3.8) is 0 Å². The van der Waals surface area contributed by atoms with Crippen LogP contribution >= 0.6 is 0 Å². The number of hydrogen-bond donors (Lipinski definition) is 0. The summed E-state index contributed by atoms with van der Waals surface area (Å²) in [5.41, 5.74) is -0.181. The Kier molecular flexibility index (Phi) is 5.49. The van der Waals surface area contributed by atoms with E-state index in [0.29, 0.717) is 11.7 Å². The van der Waals surface area contributed by atoms with Crippen molar-refractivity contribution >= 4 is 10.9 Å². The maximum atomic E-state index is 15.6. The van der Waals surface area contributed by atoms with Crippen LogP contribution in [-0.2, 0) is 10.9 Å². The molecule has 2 bridgehead atoms. The molecule has 1 nitrogen and oxygen atoms in total. The lowest BCUT2D eigenvalue weighted by Crippen LogP contribution is -2.46. The summed E-state index contributed by atoms with van der Waals surface area (Å²) in [5.74, 6) is 3.30. The third-order valence-corrected chi connectivity index (χ3v) is 10.8. The highest BCUT2D eigenvalue weighted by Crippen LogP contribution is 2.64. The molecule has 3 aromatic carbocycles. The van der Waals surface area contributed by atoms with Crippen LogP contribution in [0.15, 0.2) is 93.5 Å². The van der Waals surface area contributed by atoms with Crippen LogP contribution in [0.4, 0.5) is 4.39 Å². The second kappa shape index (κ2) is 8.51. The number of hydrogen-bond acceptors (Lipinski definition) is 1. The highest BCUT2D eigenvalue weighted by molar-refractivity contribution is 7.97. The highest BCUT2D eigenvalue weighted by atomic mass is 32.2. The van der Waals surface area contributed by atoms with Gasteiger partial charge in [0.1, 0.15) is 5.60 Å². The molecule has 0 spiro atoms. The van der Waals surface area contributed by atoms with E-state index in [1.807, 2.05) is 18.2 Å². The highest BCUT2D eigenvalue weighted by Gasteiger charge is 2.61. The zero-order valence-corrected chi connectivity index (χ0v) is 20.1. The Morgan fingerprint density at radius 1 is 0.879 bits per heavy atom. The molecule has 33 heavy (non-hydrogen) atoms. The number of halogens is 1. The van der Waals surface area contributed by atoms with Crippen LogP contribution in [0.2, 0.25) is 0 Å². The number of rotatable bonds is 6. The normalized spacial score (nSPS) is 30.0. The van der Waals surface area contributed by atoms with Crippen LogP contribution in [-0.4, -0.2) is 5.60 Å². The second-order valence-electron chi connectivity index (χ2n) is 10.1. The van der Waals surface area contributed by atoms with Gasteiger partial charge < -0.3 is 4.74 Å². The van der Waals surface area contributed by atoms with Gasteiger partial charge in [-0.05, 0) is 86.3 Å². The summed E-state index contributed by atoms with van der Waals surface area (Å²) in [5, 5.41) is 0. The Balaban J connectivity index is 1.32. The Morgan fingerprint density at radius 3 is 2.18 bits per heavy atom. The van der Waals surface area contributed by atoms with Crippen molar-refractivity contribution in [3.05, 3.63) is 84.7 Å². The van der Waals surface area contributed by atoms with Gasteiger partial charge in [0.2, 0.25) is 0 Å². The number of ether oxygens (including phenoxy) is 1. The first-order chi connectivity index (χ1) is 16.2. The molecule has 0 heterocycles. The topological polar surface area (TPSA) is 9.23 Å². The van der Waals surface area contributed by atoms with E-state index in [1.54, 1.807) is 6.07 Å². The molecule has 3 aliphatic carbocycles. The van der Waals surface area contributed by atoms with E-state index in [9.17, 15) is 0 Å². The molecule has 3 fully saturated rings. The monoisotopic (exact) mass is 459 g/mol. The van der Waals surface area contributed by atoms with Crippen molar-refractivity contribution in [2.24, 2.45) is 23.7 Å². The molecule has 0 radical (unpaired) electrons. The van der Waals surface area contributed by atoms with Crippen LogP contribution in [0.3, 0.4) is 0 Å². The predicted octanol–water partition coefficient (Wildman–Crippen LogP) is 7.90. The molecular weight excluding hydrogens is 427 g/mol. The van der Waals surface area contributed by atoms with E-state index in [4.69, 9.17) is 4.74 Å². The zero-order chi connectivity index (χ0) is 22.4. The van der Waals surface area contributed by atoms with Gasteiger partial charge in [-0.2, -0.15) is 0 Å². The Morgan fingerprint density at radius 2 is 1.55 bits per heavy atom. The minimum atomic E-state index is -0.350. The molecule has 0 aliphatic heterocycles. The lowest BCUT2D eigenvalue weighted by atomic mass is 9.71. The summed E-state index contributed by atoms with van der Waals surface area (Å²) < 4.78 is 22.3. The molecular formula is C30H32FOS+. The minimum absolute atomic E-state index is 0.181. The molecule has 3 aromatic rings. The van der Waals surface area contributed by atoms with Gasteiger partial charge in [0.05, 0.1) is 10.9 Å². The summed E-state index contributed by atoms with van der Waals surface area (Å²) in [7, 11) is -0.350. The van der Waals surface area contributed by atoms with E-state index in [0.717, 1.165) is 35.5 Å². The first-order valence-corrected chi connectivity index (χ1v) is 13.7. The molecule has 0 amide bonds. The molecule has 0 N–H and O–H groups in total. The molecule has 0 saturated heterocycles. The Labute approximate surface area is 199 Å². The van der Waals surface area contributed by atoms with Crippen molar-refractivity contribution < 1.29 is 9.13 Å². The lowest BCUT2D eigenvalue weighted by molar-refractivity contribution is -0.0282. The molecule has 170 valence electrons. The third kappa shape index (κ3) is 3.60. The van der Waals surface area contributed by atoms with E-state index < -0.39 is 0 Å². The van der Waals surface area contributed by atoms with Gasteiger partial charge in [-0.15, -0.1) is 0 Å². The molecule has 5 atom stereocenters. The average molecular weight is 460 g/mol. The van der Waals surface area contributed by atoms with E-state index in [-0.39, 0.29) is 22.3 Å². The largest absolute Gasteiger partial charge is 0.484 e. The smallest absolute Gasteiger partial charge is 0.170 e. The average Bonchev–Trinajstić information content (AvgIpc) is 3.56. The first kappa shape index (κ1) is 21.3. The SMILES string of the molecule is CCC1(Oc2ccc([S+](c3ccccc3)c3ccccc3)cc2F)CC2CC1C1CCCC21. The van der Waals surface area contributed by atoms with Gasteiger partial charge in [-0.3, -0.25) is 0 Å². The van der Waals surface area contributed by atoms with Crippen LogP contribution < -0.4 is 4.74 Å². The summed E-state index contributed by atoms with van der Waals surface area (Å²) in [6, 6.07) is 26.5. The maximum Gasteiger partial charge on any atom is 0.170 e. The summed E-state index contributed by atoms with van der Waals surface area (Å²) in [6.45, 7) is 2.24. The van der Waals surface area contributed by atoms with Gasteiger partial charge in [0.25, 0.3) is 0 Å². The fraction of sp³-hybridized carbons (Fsp3) is 0.400. The van der Waals surface area contributed by atoms with Crippen molar-refractivity contribution in [1.29, 1.82) is 0 Å². The predicted molar refractivity (Wildman–Crippen MR) is 132 cm³/mol. The Bertz CT molecular complexity index is 1080. The standard InChI is InChI=1S/C30H32FOS/c1-2-30(20-21-18-27(30)26-15-9-14-25(21)26)32-29-17-16-24(19-28(29)31)33(22-10-5-3-6-11-22)23-12-7-4-8-13-23/h3-8,10-13,16-17,19,21,25-27H,2,9,14-15,18,20H2,1H3/q+1. The molecule has 6 rings (SSSR count). The lowest BCUT2D eigenvalue weighted by Gasteiger charge is -2.42. The summed E-state index contributed by atoms with van der Waals surface area (Å²) in [4.78, 5) is 3.39. The summed E-state index contributed by atoms with van der Waals surface area (Å²) >= 11 is 0. The van der Waals surface area contributed by atoms with Crippen LogP contribution in [0.5, 0.6) is 5.75 Å². The zero-order valence-electron chi connectivity index (χ0n) is 19.3. The fourth-order valence-electron chi connectivity index (χ4n) is 7.24. The van der Waals surface area contributed by atoms with Crippen molar-refractivity contribution in [1.82, 2.24) is 0 Å². The van der Waals surface area contributed by atoms with Gasteiger partial charge in [-0.25, -0.2) is 4.39 Å². The molecule has 3 heteroatoms. The number of fused-ring (bicyclic) bond motifs is 5. The van der Waals surface area contributed by atoms with Crippen LogP contribution in [0.1, 0.15) is 45.4 Å². The Hall–Kier alpha value is -2.26. The molecule has 5 unspecified atom stereocenters. The molecule has 3 saturated carbocycles. The minimum Gasteiger partial charge on any atom is -0.484 e. The van der Waals surface area contributed by atoms with E-state index in [1.165, 1.54) is 35.5 Å².